The molecule has 0 heterocycles. The summed E-state index contributed by atoms with van der Waals surface area (Å²) in [4.78, 5) is 0. The maximum Gasteiger partial charge on any atom is 0.0181 e. The molecule has 0 atom stereocenters. The van der Waals surface area contributed by atoms with Crippen molar-refractivity contribution in [3.05, 3.63) is 60.2 Å². The molecule has 14 heavy (non-hydrogen) atoms. The van der Waals surface area contributed by atoms with Crippen LogP contribution >= 0.6 is 0 Å². The zero-order chi connectivity index (χ0) is 9.36. The Morgan fingerprint density at radius 2 is 1.64 bits per heavy atom. The molecule has 2 aromatic carbocycles. The maximum absolute atomic E-state index is 8.01. The van der Waals surface area contributed by atoms with E-state index in [0.717, 1.165) is 5.56 Å². The molecule has 0 spiro atoms. The van der Waals surface area contributed by atoms with Crippen molar-refractivity contribution in [3.8, 4) is 0 Å². The van der Waals surface area contributed by atoms with Crippen LogP contribution in [0.5, 0.6) is 0 Å². The van der Waals surface area contributed by atoms with Gasteiger partial charge in [0.1, 0.15) is 0 Å². The smallest absolute Gasteiger partial charge is 0.0181 e. The second kappa shape index (κ2) is 8.30. The monoisotopic (exact) mass is 229 g/mol. The van der Waals surface area contributed by atoms with Gasteiger partial charge in [0.15, 0.2) is 0 Å². The Morgan fingerprint density at radius 1 is 1.07 bits per heavy atom. The van der Waals surface area contributed by atoms with Gasteiger partial charge in [0.2, 0.25) is 0 Å². The third kappa shape index (κ3) is 5.36. The van der Waals surface area contributed by atoms with Crippen molar-refractivity contribution in [1.29, 1.82) is 0 Å². The second-order valence-electron chi connectivity index (χ2n) is 2.43. The van der Waals surface area contributed by atoms with Gasteiger partial charge in [-0.15, -0.1) is 10.7 Å². The molecule has 0 saturated carbocycles. The Morgan fingerprint density at radius 3 is 2.00 bits per heavy atom. The molecular weight excluding hydrogens is 218 g/mol. The molecule has 0 aliphatic heterocycles. The Hall–Kier alpha value is -1.31. The molecular formula is C11H11FeNO-2. The van der Waals surface area contributed by atoms with Gasteiger partial charge >= 0.3 is 0 Å². The standard InChI is InChI=1S/C6H6NO.C5H5.Fe/c8-7-5-6-3-1-2-4-6;1-2-4-5-3-1;/h1-5,8H;1-5H;/q2*-1;/b7-5-;;. The number of rotatable bonds is 1. The SMILES string of the molecule is O/N=C\[c-]1cccc1.[Fe].c1cc[cH-]c1. The van der Waals surface area contributed by atoms with E-state index < -0.39 is 0 Å². The summed E-state index contributed by atoms with van der Waals surface area (Å²) in [6.45, 7) is 0. The Kier molecular flexibility index (Phi) is 7.52. The van der Waals surface area contributed by atoms with E-state index in [4.69, 9.17) is 5.21 Å². The molecule has 2 aromatic rings. The third-order valence-corrected chi connectivity index (χ3v) is 1.45. The van der Waals surface area contributed by atoms with Gasteiger partial charge in [0.05, 0.1) is 0 Å². The van der Waals surface area contributed by atoms with Crippen LogP contribution in [0.1, 0.15) is 5.56 Å². The zero-order valence-corrected chi connectivity index (χ0v) is 8.63. The fourth-order valence-corrected chi connectivity index (χ4v) is 0.862. The minimum Gasteiger partial charge on any atom is -0.412 e. The van der Waals surface area contributed by atoms with Gasteiger partial charge in [-0.3, -0.25) is 0 Å². The summed E-state index contributed by atoms with van der Waals surface area (Å²) < 4.78 is 0. The average Bonchev–Trinajstić information content (AvgIpc) is 2.79. The fraction of sp³-hybridized carbons (Fsp3) is 0. The quantitative estimate of drug-likeness (QED) is 0.263. The molecule has 0 bridgehead atoms. The minimum atomic E-state index is 0. The van der Waals surface area contributed by atoms with Crippen LogP contribution in [0.2, 0.25) is 0 Å². The first-order valence-electron chi connectivity index (χ1n) is 3.99. The van der Waals surface area contributed by atoms with Gasteiger partial charge < -0.3 is 5.21 Å². The van der Waals surface area contributed by atoms with Crippen molar-refractivity contribution in [3.63, 3.8) is 0 Å². The second-order valence-corrected chi connectivity index (χ2v) is 2.43. The van der Waals surface area contributed by atoms with Crippen LogP contribution in [0, 0.1) is 0 Å². The van der Waals surface area contributed by atoms with E-state index in [1.54, 1.807) is 0 Å². The van der Waals surface area contributed by atoms with Crippen LogP contribution in [0.15, 0.2) is 59.8 Å². The number of nitrogens with zero attached hydrogens (tertiary/aromatic N) is 1. The van der Waals surface area contributed by atoms with Crippen molar-refractivity contribution in [2.45, 2.75) is 0 Å². The first kappa shape index (κ1) is 12.7. The molecule has 76 valence electrons. The molecule has 0 aliphatic rings. The summed E-state index contributed by atoms with van der Waals surface area (Å²) in [7, 11) is 0. The van der Waals surface area contributed by atoms with Crippen molar-refractivity contribution >= 4 is 6.21 Å². The molecule has 2 rings (SSSR count). The molecule has 3 heteroatoms. The summed E-state index contributed by atoms with van der Waals surface area (Å²) in [5, 5.41) is 10.9. The van der Waals surface area contributed by atoms with Gasteiger partial charge in [-0.05, 0) is 0 Å². The molecule has 0 aromatic heterocycles. The molecule has 0 fully saturated rings. The van der Waals surface area contributed by atoms with Gasteiger partial charge in [0, 0.05) is 23.3 Å². The first-order chi connectivity index (χ1) is 6.43. The minimum absolute atomic E-state index is 0. The summed E-state index contributed by atoms with van der Waals surface area (Å²) in [6.07, 6.45) is 1.39. The predicted octanol–water partition coefficient (Wildman–Crippen LogP) is 2.62. The summed E-state index contributed by atoms with van der Waals surface area (Å²) in [5.41, 5.74) is 0.924. The van der Waals surface area contributed by atoms with Crippen LogP contribution in [0.25, 0.3) is 0 Å². The molecule has 0 saturated heterocycles. The van der Waals surface area contributed by atoms with E-state index in [9.17, 15) is 0 Å². The van der Waals surface area contributed by atoms with Crippen LogP contribution < -0.4 is 0 Å². The van der Waals surface area contributed by atoms with Crippen molar-refractivity contribution in [2.24, 2.45) is 5.16 Å². The number of oxime groups is 1. The van der Waals surface area contributed by atoms with Gasteiger partial charge in [-0.2, -0.15) is 30.3 Å². The molecule has 1 N–H and O–H groups in total. The van der Waals surface area contributed by atoms with E-state index in [-0.39, 0.29) is 17.1 Å². The van der Waals surface area contributed by atoms with Crippen molar-refractivity contribution in [2.75, 3.05) is 0 Å². The van der Waals surface area contributed by atoms with E-state index in [1.165, 1.54) is 6.21 Å². The van der Waals surface area contributed by atoms with Crippen LogP contribution in [-0.4, -0.2) is 11.4 Å². The zero-order valence-electron chi connectivity index (χ0n) is 7.52. The number of hydrogen-bond acceptors (Lipinski definition) is 2. The topological polar surface area (TPSA) is 32.6 Å². The largest absolute Gasteiger partial charge is 0.412 e. The van der Waals surface area contributed by atoms with E-state index >= 15 is 0 Å². The van der Waals surface area contributed by atoms with Crippen LogP contribution in [0.3, 0.4) is 0 Å². The van der Waals surface area contributed by atoms with Crippen LogP contribution in [-0.2, 0) is 17.1 Å². The average molecular weight is 229 g/mol. The molecule has 0 radical (unpaired) electrons. The normalized spacial score (nSPS) is 8.86. The van der Waals surface area contributed by atoms with E-state index in [1.807, 2.05) is 54.6 Å². The Labute approximate surface area is 94.1 Å². The molecule has 0 amide bonds. The first-order valence-corrected chi connectivity index (χ1v) is 3.99. The molecule has 2 nitrogen and oxygen atoms in total. The Bertz CT molecular complexity index is 294. The molecule has 0 aliphatic carbocycles. The van der Waals surface area contributed by atoms with E-state index in [2.05, 4.69) is 5.16 Å². The Balaban J connectivity index is 0.000000246. The van der Waals surface area contributed by atoms with Crippen molar-refractivity contribution in [1.82, 2.24) is 0 Å². The van der Waals surface area contributed by atoms with Crippen LogP contribution in [0.4, 0.5) is 0 Å². The van der Waals surface area contributed by atoms with E-state index in [0.29, 0.717) is 0 Å². The maximum atomic E-state index is 8.01. The summed E-state index contributed by atoms with van der Waals surface area (Å²) in [6, 6.07) is 17.5. The molecule has 0 unspecified atom stereocenters. The fourth-order valence-electron chi connectivity index (χ4n) is 0.862. The number of hydrogen-bond donors (Lipinski definition) is 1. The van der Waals surface area contributed by atoms with Gasteiger partial charge in [-0.1, -0.05) is 0 Å². The summed E-state index contributed by atoms with van der Waals surface area (Å²) in [5.74, 6) is 0. The van der Waals surface area contributed by atoms with Crippen molar-refractivity contribution < 1.29 is 22.3 Å². The third-order valence-electron chi connectivity index (χ3n) is 1.45. The van der Waals surface area contributed by atoms with Gasteiger partial charge in [0.25, 0.3) is 0 Å². The predicted molar refractivity (Wildman–Crippen MR) is 53.5 cm³/mol. The summed E-state index contributed by atoms with van der Waals surface area (Å²) >= 11 is 0. The van der Waals surface area contributed by atoms with Gasteiger partial charge in [-0.25, -0.2) is 24.3 Å².